The third-order valence-corrected chi connectivity index (χ3v) is 3.16. The first-order valence-electron chi connectivity index (χ1n) is 4.97. The molecule has 1 N–H and O–H groups in total. The van der Waals surface area contributed by atoms with Crippen LogP contribution in [0.25, 0.3) is 0 Å². The van der Waals surface area contributed by atoms with Gasteiger partial charge in [0.2, 0.25) is 0 Å². The molecule has 0 saturated carbocycles. The van der Waals surface area contributed by atoms with Crippen molar-refractivity contribution in [2.75, 3.05) is 13.7 Å². The van der Waals surface area contributed by atoms with Crippen molar-refractivity contribution in [1.29, 1.82) is 0 Å². The molecular formula is C12H17ClO2. The summed E-state index contributed by atoms with van der Waals surface area (Å²) in [5.74, 6) is 0.898. The fraction of sp³-hybridized carbons (Fsp3) is 0.500. The molecule has 0 aliphatic carbocycles. The number of halogens is 1. The Morgan fingerprint density at radius 3 is 2.47 bits per heavy atom. The van der Waals surface area contributed by atoms with E-state index in [1.165, 1.54) is 0 Å². The third-order valence-electron chi connectivity index (χ3n) is 2.76. The lowest BCUT2D eigenvalue weighted by molar-refractivity contribution is 0.272. The predicted octanol–water partition coefficient (Wildman–Crippen LogP) is 3.06. The highest BCUT2D eigenvalue weighted by atomic mass is 35.5. The SMILES string of the molecule is COc1c(C)c(Cl)cc(C(C)CO)c1C. The van der Waals surface area contributed by atoms with Gasteiger partial charge in [-0.3, -0.25) is 0 Å². The normalized spacial score (nSPS) is 12.7. The van der Waals surface area contributed by atoms with E-state index >= 15 is 0 Å². The van der Waals surface area contributed by atoms with Crippen LogP contribution in [0.15, 0.2) is 6.07 Å². The van der Waals surface area contributed by atoms with Gasteiger partial charge in [-0.2, -0.15) is 0 Å². The topological polar surface area (TPSA) is 29.5 Å². The van der Waals surface area contributed by atoms with Gasteiger partial charge >= 0.3 is 0 Å². The molecule has 0 saturated heterocycles. The summed E-state index contributed by atoms with van der Waals surface area (Å²) in [5, 5.41) is 9.84. The Kier molecular flexibility index (Phi) is 4.00. The molecule has 0 aliphatic heterocycles. The summed E-state index contributed by atoms with van der Waals surface area (Å²) >= 11 is 6.11. The largest absolute Gasteiger partial charge is 0.496 e. The summed E-state index contributed by atoms with van der Waals surface area (Å²) in [7, 11) is 1.64. The average Bonchev–Trinajstić information content (AvgIpc) is 2.23. The maximum Gasteiger partial charge on any atom is 0.126 e. The molecule has 0 radical (unpaired) electrons. The monoisotopic (exact) mass is 228 g/mol. The zero-order valence-electron chi connectivity index (χ0n) is 9.60. The third kappa shape index (κ3) is 2.27. The Morgan fingerprint density at radius 2 is 2.00 bits per heavy atom. The standard InChI is InChI=1S/C12H17ClO2/c1-7(6-14)10-5-11(13)9(3)12(15-4)8(10)2/h5,7,14H,6H2,1-4H3. The zero-order valence-corrected chi connectivity index (χ0v) is 10.4. The van der Waals surface area contributed by atoms with Gasteiger partial charge in [0.05, 0.1) is 7.11 Å². The first-order valence-corrected chi connectivity index (χ1v) is 5.35. The lowest BCUT2D eigenvalue weighted by Gasteiger charge is -2.18. The van der Waals surface area contributed by atoms with Crippen LogP contribution in [0.5, 0.6) is 5.75 Å². The van der Waals surface area contributed by atoms with Gasteiger partial charge in [0.25, 0.3) is 0 Å². The molecular weight excluding hydrogens is 212 g/mol. The van der Waals surface area contributed by atoms with E-state index < -0.39 is 0 Å². The van der Waals surface area contributed by atoms with Gasteiger partial charge < -0.3 is 9.84 Å². The Morgan fingerprint density at radius 1 is 1.40 bits per heavy atom. The molecule has 0 aliphatic rings. The number of hydrogen-bond acceptors (Lipinski definition) is 2. The van der Waals surface area contributed by atoms with Gasteiger partial charge in [0.1, 0.15) is 5.75 Å². The summed E-state index contributed by atoms with van der Waals surface area (Å²) in [5.41, 5.74) is 3.05. The Balaban J connectivity index is 3.36. The number of aliphatic hydroxyl groups excluding tert-OH is 1. The van der Waals surface area contributed by atoms with Gasteiger partial charge in [-0.25, -0.2) is 0 Å². The van der Waals surface area contributed by atoms with Gasteiger partial charge in [0, 0.05) is 23.1 Å². The molecule has 0 spiro atoms. The second kappa shape index (κ2) is 4.86. The first kappa shape index (κ1) is 12.3. The maximum atomic E-state index is 9.15. The number of ether oxygens (including phenoxy) is 1. The van der Waals surface area contributed by atoms with E-state index in [2.05, 4.69) is 0 Å². The highest BCUT2D eigenvalue weighted by molar-refractivity contribution is 6.31. The van der Waals surface area contributed by atoms with Crippen LogP contribution < -0.4 is 4.74 Å². The number of hydrogen-bond donors (Lipinski definition) is 1. The van der Waals surface area contributed by atoms with Gasteiger partial charge in [-0.05, 0) is 31.0 Å². The molecule has 0 fully saturated rings. The molecule has 0 aromatic heterocycles. The van der Waals surface area contributed by atoms with Gasteiger partial charge in [-0.1, -0.05) is 18.5 Å². The van der Waals surface area contributed by atoms with Crippen LogP contribution in [0.1, 0.15) is 29.5 Å². The lowest BCUT2D eigenvalue weighted by atomic mass is 9.94. The summed E-state index contributed by atoms with van der Waals surface area (Å²) < 4.78 is 5.33. The zero-order chi connectivity index (χ0) is 11.6. The molecule has 0 amide bonds. The van der Waals surface area contributed by atoms with Crippen LogP contribution in [-0.2, 0) is 0 Å². The smallest absolute Gasteiger partial charge is 0.126 e. The summed E-state index contributed by atoms with van der Waals surface area (Å²) in [6.45, 7) is 6.00. The molecule has 0 bridgehead atoms. The Hall–Kier alpha value is -0.730. The highest BCUT2D eigenvalue weighted by Gasteiger charge is 2.15. The quantitative estimate of drug-likeness (QED) is 0.862. The second-order valence-electron chi connectivity index (χ2n) is 3.81. The van der Waals surface area contributed by atoms with Crippen LogP contribution >= 0.6 is 11.6 Å². The second-order valence-corrected chi connectivity index (χ2v) is 4.22. The fourth-order valence-corrected chi connectivity index (χ4v) is 1.99. The highest BCUT2D eigenvalue weighted by Crippen LogP contribution is 2.35. The van der Waals surface area contributed by atoms with Gasteiger partial charge in [-0.15, -0.1) is 0 Å². The van der Waals surface area contributed by atoms with E-state index in [-0.39, 0.29) is 12.5 Å². The number of methoxy groups -OCH3 is 1. The van der Waals surface area contributed by atoms with Crippen molar-refractivity contribution < 1.29 is 9.84 Å². The van der Waals surface area contributed by atoms with Gasteiger partial charge in [0.15, 0.2) is 0 Å². The van der Waals surface area contributed by atoms with Crippen LogP contribution in [0, 0.1) is 13.8 Å². The lowest BCUT2D eigenvalue weighted by Crippen LogP contribution is -2.04. The number of benzene rings is 1. The van der Waals surface area contributed by atoms with Crippen LogP contribution in [0.2, 0.25) is 5.02 Å². The van der Waals surface area contributed by atoms with Crippen molar-refractivity contribution in [2.45, 2.75) is 26.7 Å². The molecule has 15 heavy (non-hydrogen) atoms. The molecule has 1 unspecified atom stereocenters. The van der Waals surface area contributed by atoms with E-state index in [1.54, 1.807) is 7.11 Å². The molecule has 1 aromatic rings. The predicted molar refractivity (Wildman–Crippen MR) is 63.0 cm³/mol. The van der Waals surface area contributed by atoms with Crippen molar-refractivity contribution in [3.63, 3.8) is 0 Å². The van der Waals surface area contributed by atoms with E-state index in [1.807, 2.05) is 26.8 Å². The minimum Gasteiger partial charge on any atom is -0.496 e. The Bertz CT molecular complexity index is 361. The maximum absolute atomic E-state index is 9.15. The minimum absolute atomic E-state index is 0.0806. The van der Waals surface area contributed by atoms with Crippen molar-refractivity contribution >= 4 is 11.6 Å². The van der Waals surface area contributed by atoms with Crippen molar-refractivity contribution in [3.8, 4) is 5.75 Å². The minimum atomic E-state index is 0.0806. The average molecular weight is 229 g/mol. The van der Waals surface area contributed by atoms with Crippen molar-refractivity contribution in [2.24, 2.45) is 0 Å². The number of rotatable bonds is 3. The van der Waals surface area contributed by atoms with E-state index in [0.717, 1.165) is 22.4 Å². The van der Waals surface area contributed by atoms with E-state index in [9.17, 15) is 0 Å². The molecule has 1 atom stereocenters. The molecule has 0 heterocycles. The van der Waals surface area contributed by atoms with Crippen molar-refractivity contribution in [1.82, 2.24) is 0 Å². The summed E-state index contributed by atoms with van der Waals surface area (Å²) in [4.78, 5) is 0. The summed E-state index contributed by atoms with van der Waals surface area (Å²) in [6.07, 6.45) is 0. The molecule has 1 aromatic carbocycles. The summed E-state index contributed by atoms with van der Waals surface area (Å²) in [6, 6.07) is 1.91. The van der Waals surface area contributed by atoms with Crippen LogP contribution in [0.3, 0.4) is 0 Å². The van der Waals surface area contributed by atoms with Crippen LogP contribution in [0.4, 0.5) is 0 Å². The first-order chi connectivity index (χ1) is 7.02. The fourth-order valence-electron chi connectivity index (χ4n) is 1.79. The molecule has 1 rings (SSSR count). The Labute approximate surface area is 95.8 Å². The molecule has 2 nitrogen and oxygen atoms in total. The van der Waals surface area contributed by atoms with Crippen LogP contribution in [-0.4, -0.2) is 18.8 Å². The molecule has 3 heteroatoms. The number of aliphatic hydroxyl groups is 1. The van der Waals surface area contributed by atoms with Crippen molar-refractivity contribution in [3.05, 3.63) is 27.8 Å². The van der Waals surface area contributed by atoms with E-state index in [4.69, 9.17) is 21.4 Å². The molecule has 84 valence electrons. The van der Waals surface area contributed by atoms with E-state index in [0.29, 0.717) is 5.02 Å².